The molecule has 2 aromatic rings. The number of halogens is 3. The van der Waals surface area contributed by atoms with Crippen molar-refractivity contribution in [2.24, 2.45) is 5.73 Å². The zero-order valence-electron chi connectivity index (χ0n) is 14.2. The fourth-order valence-corrected chi connectivity index (χ4v) is 3.30. The fraction of sp³-hybridized carbons (Fsp3) is 0.316. The van der Waals surface area contributed by atoms with Gasteiger partial charge in [-0.3, -0.25) is 4.79 Å². The van der Waals surface area contributed by atoms with E-state index in [1.807, 2.05) is 23.1 Å². The Morgan fingerprint density at radius 2 is 1.85 bits per heavy atom. The van der Waals surface area contributed by atoms with Crippen molar-refractivity contribution in [3.8, 4) is 5.75 Å². The number of piperidine rings is 1. The first kappa shape index (κ1) is 20.8. The molecule has 0 saturated carbocycles. The monoisotopic (exact) mass is 414 g/mol. The Bertz CT molecular complexity index is 762. The molecule has 4 nitrogen and oxygen atoms in total. The molecule has 1 fully saturated rings. The van der Waals surface area contributed by atoms with Gasteiger partial charge in [0.2, 0.25) is 0 Å². The molecule has 140 valence electrons. The van der Waals surface area contributed by atoms with Crippen molar-refractivity contribution < 1.29 is 9.53 Å². The molecule has 0 unspecified atom stereocenters. The van der Waals surface area contributed by atoms with E-state index in [-0.39, 0.29) is 31.0 Å². The average molecular weight is 416 g/mol. The summed E-state index contributed by atoms with van der Waals surface area (Å²) in [5, 5.41) is 1.12. The number of amides is 1. The summed E-state index contributed by atoms with van der Waals surface area (Å²) in [6, 6.07) is 12.7. The van der Waals surface area contributed by atoms with E-state index in [9.17, 15) is 4.79 Å². The van der Waals surface area contributed by atoms with E-state index in [1.165, 1.54) is 0 Å². The van der Waals surface area contributed by atoms with Crippen LogP contribution >= 0.6 is 35.6 Å². The number of carbonyl (C=O) groups is 1. The summed E-state index contributed by atoms with van der Waals surface area (Å²) in [5.41, 5.74) is 7.29. The summed E-state index contributed by atoms with van der Waals surface area (Å²) < 4.78 is 5.88. The molecule has 1 saturated heterocycles. The quantitative estimate of drug-likeness (QED) is 0.796. The number of rotatable bonds is 4. The van der Waals surface area contributed by atoms with Gasteiger partial charge in [-0.1, -0.05) is 41.4 Å². The first-order chi connectivity index (χ1) is 12.0. The predicted octanol–water partition coefficient (Wildman–Crippen LogP) is 4.56. The number of hydrogen-bond acceptors (Lipinski definition) is 3. The Morgan fingerprint density at radius 1 is 1.15 bits per heavy atom. The number of hydrogen-bond donors (Lipinski definition) is 1. The number of carbonyl (C=O) groups excluding carboxylic acids is 1. The van der Waals surface area contributed by atoms with Crippen LogP contribution in [0.15, 0.2) is 42.5 Å². The SMILES string of the molecule is Cl.NC1CCN(C(=O)c2ccccc2OCc2ccc(Cl)cc2Cl)CC1. The van der Waals surface area contributed by atoms with Gasteiger partial charge in [-0.15, -0.1) is 12.4 Å². The van der Waals surface area contributed by atoms with E-state index >= 15 is 0 Å². The summed E-state index contributed by atoms with van der Waals surface area (Å²) >= 11 is 12.1. The number of benzene rings is 2. The second-order valence-corrected chi connectivity index (χ2v) is 6.99. The standard InChI is InChI=1S/C19H20Cl2N2O2.ClH/c20-14-6-5-13(17(21)11-14)12-25-18-4-2-1-3-16(18)19(24)23-9-7-15(22)8-10-23;/h1-6,11,15H,7-10,12,22H2;1H. The zero-order valence-corrected chi connectivity index (χ0v) is 16.5. The lowest BCUT2D eigenvalue weighted by atomic mass is 10.0. The summed E-state index contributed by atoms with van der Waals surface area (Å²) in [7, 11) is 0. The van der Waals surface area contributed by atoms with Gasteiger partial charge in [0.1, 0.15) is 12.4 Å². The van der Waals surface area contributed by atoms with Gasteiger partial charge in [0.05, 0.1) is 5.56 Å². The maximum atomic E-state index is 12.8. The zero-order chi connectivity index (χ0) is 17.8. The van der Waals surface area contributed by atoms with Crippen molar-refractivity contribution in [1.29, 1.82) is 0 Å². The van der Waals surface area contributed by atoms with Gasteiger partial charge in [0, 0.05) is 34.7 Å². The molecule has 0 spiro atoms. The Labute approximate surface area is 169 Å². The average Bonchev–Trinajstić information content (AvgIpc) is 2.61. The second kappa shape index (κ2) is 9.47. The van der Waals surface area contributed by atoms with E-state index in [4.69, 9.17) is 33.7 Å². The number of nitrogens with zero attached hydrogens (tertiary/aromatic N) is 1. The van der Waals surface area contributed by atoms with E-state index in [0.29, 0.717) is 34.4 Å². The molecule has 1 heterocycles. The van der Waals surface area contributed by atoms with Crippen LogP contribution in [0, 0.1) is 0 Å². The van der Waals surface area contributed by atoms with Crippen LogP contribution in [0.4, 0.5) is 0 Å². The van der Waals surface area contributed by atoms with E-state index in [1.54, 1.807) is 24.3 Å². The van der Waals surface area contributed by atoms with Gasteiger partial charge in [-0.05, 0) is 37.1 Å². The maximum Gasteiger partial charge on any atom is 0.257 e. The van der Waals surface area contributed by atoms with Gasteiger partial charge in [-0.2, -0.15) is 0 Å². The normalized spacial score (nSPS) is 14.7. The molecule has 0 radical (unpaired) electrons. The van der Waals surface area contributed by atoms with Crippen LogP contribution in [0.25, 0.3) is 0 Å². The third kappa shape index (κ3) is 5.04. The highest BCUT2D eigenvalue weighted by molar-refractivity contribution is 6.35. The first-order valence-corrected chi connectivity index (χ1v) is 9.01. The molecule has 3 rings (SSSR count). The molecule has 0 aromatic heterocycles. The molecule has 2 aromatic carbocycles. The molecule has 7 heteroatoms. The lowest BCUT2D eigenvalue weighted by molar-refractivity contribution is 0.0710. The van der Waals surface area contributed by atoms with Gasteiger partial charge in [0.25, 0.3) is 5.91 Å². The highest BCUT2D eigenvalue weighted by Crippen LogP contribution is 2.25. The minimum absolute atomic E-state index is 0. The van der Waals surface area contributed by atoms with Gasteiger partial charge in [-0.25, -0.2) is 0 Å². The molecule has 0 aliphatic carbocycles. The van der Waals surface area contributed by atoms with Gasteiger partial charge < -0.3 is 15.4 Å². The highest BCUT2D eigenvalue weighted by atomic mass is 35.5. The number of likely N-dealkylation sites (tertiary alicyclic amines) is 1. The minimum Gasteiger partial charge on any atom is -0.488 e. The third-order valence-electron chi connectivity index (χ3n) is 4.34. The molecule has 1 aliphatic heterocycles. The molecule has 1 amide bonds. The van der Waals surface area contributed by atoms with Crippen LogP contribution in [0.2, 0.25) is 10.0 Å². The summed E-state index contributed by atoms with van der Waals surface area (Å²) in [6.07, 6.45) is 1.66. The largest absolute Gasteiger partial charge is 0.488 e. The third-order valence-corrected chi connectivity index (χ3v) is 4.93. The summed E-state index contributed by atoms with van der Waals surface area (Å²) in [5.74, 6) is 0.526. The molecule has 0 atom stereocenters. The van der Waals surface area contributed by atoms with Crippen LogP contribution in [-0.2, 0) is 6.61 Å². The second-order valence-electron chi connectivity index (χ2n) is 6.15. The van der Waals surface area contributed by atoms with Crippen LogP contribution in [-0.4, -0.2) is 29.9 Å². The summed E-state index contributed by atoms with van der Waals surface area (Å²) in [4.78, 5) is 14.6. The van der Waals surface area contributed by atoms with Crippen LogP contribution < -0.4 is 10.5 Å². The van der Waals surface area contributed by atoms with Gasteiger partial charge >= 0.3 is 0 Å². The van der Waals surface area contributed by atoms with E-state index < -0.39 is 0 Å². The van der Waals surface area contributed by atoms with Gasteiger partial charge in [0.15, 0.2) is 0 Å². The Kier molecular flexibility index (Phi) is 7.59. The fourth-order valence-electron chi connectivity index (χ4n) is 2.84. The minimum atomic E-state index is -0.0234. The molecule has 2 N–H and O–H groups in total. The van der Waals surface area contributed by atoms with Crippen molar-refractivity contribution in [3.63, 3.8) is 0 Å². The van der Waals surface area contributed by atoms with Crippen molar-refractivity contribution in [2.45, 2.75) is 25.5 Å². The van der Waals surface area contributed by atoms with Crippen LogP contribution in [0.3, 0.4) is 0 Å². The van der Waals surface area contributed by atoms with Crippen molar-refractivity contribution in [3.05, 3.63) is 63.6 Å². The molecule has 26 heavy (non-hydrogen) atoms. The number of para-hydroxylation sites is 1. The van der Waals surface area contributed by atoms with Crippen LogP contribution in [0.1, 0.15) is 28.8 Å². The summed E-state index contributed by atoms with van der Waals surface area (Å²) in [6.45, 7) is 1.62. The highest BCUT2D eigenvalue weighted by Gasteiger charge is 2.23. The lowest BCUT2D eigenvalue weighted by Gasteiger charge is -2.30. The Balaban J connectivity index is 0.00000243. The molecular weight excluding hydrogens is 395 g/mol. The lowest BCUT2D eigenvalue weighted by Crippen LogP contribution is -2.42. The molecule has 0 bridgehead atoms. The molecule has 1 aliphatic rings. The number of nitrogens with two attached hydrogens (primary N) is 1. The predicted molar refractivity (Wildman–Crippen MR) is 108 cm³/mol. The van der Waals surface area contributed by atoms with E-state index in [0.717, 1.165) is 18.4 Å². The first-order valence-electron chi connectivity index (χ1n) is 8.25. The van der Waals surface area contributed by atoms with Crippen LogP contribution in [0.5, 0.6) is 5.75 Å². The Hall–Kier alpha value is -1.46. The smallest absolute Gasteiger partial charge is 0.257 e. The van der Waals surface area contributed by atoms with E-state index in [2.05, 4.69) is 0 Å². The van der Waals surface area contributed by atoms with Crippen molar-refractivity contribution in [2.75, 3.05) is 13.1 Å². The topological polar surface area (TPSA) is 55.6 Å². The number of ether oxygens (including phenoxy) is 1. The molecular formula is C19H21Cl3N2O2. The maximum absolute atomic E-state index is 12.8. The Morgan fingerprint density at radius 3 is 2.54 bits per heavy atom. The van der Waals surface area contributed by atoms with Crippen molar-refractivity contribution in [1.82, 2.24) is 4.90 Å². The van der Waals surface area contributed by atoms with Crippen molar-refractivity contribution >= 4 is 41.5 Å².